The van der Waals surface area contributed by atoms with Crippen molar-refractivity contribution in [3.05, 3.63) is 212 Å². The number of benzene rings is 10. The van der Waals surface area contributed by atoms with Crippen LogP contribution in [0.5, 0.6) is 0 Å². The topological polar surface area (TPSA) is 3.24 Å². The third-order valence-corrected chi connectivity index (χ3v) is 12.4. The zero-order chi connectivity index (χ0) is 37.0. The van der Waals surface area contributed by atoms with Gasteiger partial charge in [0.05, 0.1) is 5.69 Å². The summed E-state index contributed by atoms with van der Waals surface area (Å²) < 4.78 is 2.65. The molecule has 0 aliphatic rings. The predicted octanol–water partition coefficient (Wildman–Crippen LogP) is 16.0. The molecule has 0 saturated heterocycles. The summed E-state index contributed by atoms with van der Waals surface area (Å²) in [6.45, 7) is 0. The molecular formula is C54H35NS. The number of anilines is 3. The van der Waals surface area contributed by atoms with Crippen molar-refractivity contribution in [3.63, 3.8) is 0 Å². The van der Waals surface area contributed by atoms with Crippen LogP contribution in [-0.4, -0.2) is 0 Å². The second-order valence-electron chi connectivity index (χ2n) is 14.5. The molecule has 1 heterocycles. The van der Waals surface area contributed by atoms with Gasteiger partial charge in [-0.05, 0) is 121 Å². The second kappa shape index (κ2) is 13.4. The fraction of sp³-hybridized carbons (Fsp3) is 0. The smallest absolute Gasteiger partial charge is 0.0540 e. The maximum atomic E-state index is 2.41. The molecule has 0 unspecified atom stereocenters. The summed E-state index contributed by atoms with van der Waals surface area (Å²) >= 11 is 1.88. The maximum absolute atomic E-state index is 2.41. The lowest BCUT2D eigenvalue weighted by atomic mass is 9.95. The molecule has 0 atom stereocenters. The zero-order valence-corrected chi connectivity index (χ0v) is 31.4. The minimum absolute atomic E-state index is 1.11. The number of hydrogen-bond donors (Lipinski definition) is 0. The van der Waals surface area contributed by atoms with E-state index < -0.39 is 0 Å². The first-order valence-electron chi connectivity index (χ1n) is 19.2. The van der Waals surface area contributed by atoms with Crippen molar-refractivity contribution >= 4 is 80.9 Å². The highest BCUT2D eigenvalue weighted by atomic mass is 32.1. The van der Waals surface area contributed by atoms with Gasteiger partial charge in [-0.3, -0.25) is 0 Å². The Balaban J connectivity index is 1.05. The second-order valence-corrected chi connectivity index (χ2v) is 15.6. The summed E-state index contributed by atoms with van der Waals surface area (Å²) in [5.41, 5.74) is 10.6. The Morgan fingerprint density at radius 1 is 0.286 bits per heavy atom. The van der Waals surface area contributed by atoms with Gasteiger partial charge < -0.3 is 4.90 Å². The summed E-state index contributed by atoms with van der Waals surface area (Å²) in [7, 11) is 0. The lowest BCUT2D eigenvalue weighted by molar-refractivity contribution is 1.30. The standard InChI is InChI=1S/C54H35NS/c1-2-10-36(11-3-1)38-20-25-45(26-21-38)55(46-27-22-39(23-28-46)43-19-18-37-12-4-5-13-40(37)32-43)52-30-29-47(48-16-8-9-17-49(48)52)44-24-31-53-50(34-44)51-33-41-14-6-7-15-42(41)35-54(51)56-53/h1-35H. The SMILES string of the molecule is c1ccc(-c2ccc(N(c3ccc(-c4ccc5ccccc5c4)cc3)c3ccc(-c4ccc5sc6cc7ccccc7cc6c5c4)c4ccccc34)cc2)cc1. The van der Waals surface area contributed by atoms with Crippen LogP contribution < -0.4 is 4.90 Å². The molecule has 0 radical (unpaired) electrons. The van der Waals surface area contributed by atoms with Gasteiger partial charge in [0.15, 0.2) is 0 Å². The van der Waals surface area contributed by atoms with E-state index in [2.05, 4.69) is 217 Å². The highest BCUT2D eigenvalue weighted by Crippen LogP contribution is 2.44. The largest absolute Gasteiger partial charge is 0.310 e. The van der Waals surface area contributed by atoms with E-state index in [1.54, 1.807) is 0 Å². The molecule has 0 bridgehead atoms. The van der Waals surface area contributed by atoms with E-state index >= 15 is 0 Å². The predicted molar refractivity (Wildman–Crippen MR) is 243 cm³/mol. The Kier molecular flexibility index (Phi) is 7.75. The van der Waals surface area contributed by atoms with Crippen LogP contribution in [0, 0.1) is 0 Å². The van der Waals surface area contributed by atoms with Gasteiger partial charge >= 0.3 is 0 Å². The first-order chi connectivity index (χ1) is 27.7. The fourth-order valence-corrected chi connectivity index (χ4v) is 9.51. The molecule has 0 saturated carbocycles. The molecule has 11 aromatic rings. The molecule has 1 aromatic heterocycles. The van der Waals surface area contributed by atoms with Gasteiger partial charge in [0.25, 0.3) is 0 Å². The van der Waals surface area contributed by atoms with E-state index in [0.29, 0.717) is 0 Å². The van der Waals surface area contributed by atoms with E-state index in [1.807, 2.05) is 11.3 Å². The lowest BCUT2D eigenvalue weighted by Gasteiger charge is -2.28. The first-order valence-corrected chi connectivity index (χ1v) is 20.0. The first kappa shape index (κ1) is 32.4. The zero-order valence-electron chi connectivity index (χ0n) is 30.6. The van der Waals surface area contributed by atoms with E-state index in [-0.39, 0.29) is 0 Å². The highest BCUT2D eigenvalue weighted by Gasteiger charge is 2.19. The Morgan fingerprint density at radius 3 is 1.55 bits per heavy atom. The number of thiophene rings is 1. The third-order valence-electron chi connectivity index (χ3n) is 11.2. The average molecular weight is 730 g/mol. The van der Waals surface area contributed by atoms with Gasteiger partial charge in [-0.25, -0.2) is 0 Å². The Bertz CT molecular complexity index is 3230. The van der Waals surface area contributed by atoms with Crippen LogP contribution in [0.3, 0.4) is 0 Å². The lowest BCUT2D eigenvalue weighted by Crippen LogP contribution is -2.10. The average Bonchev–Trinajstić information content (AvgIpc) is 3.63. The van der Waals surface area contributed by atoms with E-state index in [9.17, 15) is 0 Å². The molecule has 0 amide bonds. The molecule has 0 spiro atoms. The molecule has 56 heavy (non-hydrogen) atoms. The molecule has 2 heteroatoms. The van der Waals surface area contributed by atoms with Crippen molar-refractivity contribution in [1.29, 1.82) is 0 Å². The van der Waals surface area contributed by atoms with Crippen molar-refractivity contribution in [1.82, 2.24) is 0 Å². The van der Waals surface area contributed by atoms with E-state index in [1.165, 1.54) is 85.9 Å². The van der Waals surface area contributed by atoms with Crippen molar-refractivity contribution < 1.29 is 0 Å². The Morgan fingerprint density at radius 2 is 0.821 bits per heavy atom. The van der Waals surface area contributed by atoms with Crippen LogP contribution >= 0.6 is 11.3 Å². The van der Waals surface area contributed by atoms with Crippen LogP contribution in [-0.2, 0) is 0 Å². The maximum Gasteiger partial charge on any atom is 0.0540 e. The van der Waals surface area contributed by atoms with Gasteiger partial charge in [-0.2, -0.15) is 0 Å². The number of fused-ring (bicyclic) bond motifs is 6. The molecule has 10 aromatic carbocycles. The van der Waals surface area contributed by atoms with E-state index in [4.69, 9.17) is 0 Å². The molecule has 0 aliphatic heterocycles. The van der Waals surface area contributed by atoms with Crippen molar-refractivity contribution in [2.24, 2.45) is 0 Å². The van der Waals surface area contributed by atoms with Gasteiger partial charge in [0.2, 0.25) is 0 Å². The van der Waals surface area contributed by atoms with Gasteiger partial charge in [0, 0.05) is 36.9 Å². The number of hydrogen-bond acceptors (Lipinski definition) is 2. The van der Waals surface area contributed by atoms with Crippen molar-refractivity contribution in [2.45, 2.75) is 0 Å². The normalized spacial score (nSPS) is 11.6. The third kappa shape index (κ3) is 5.62. The molecule has 0 N–H and O–H groups in total. The number of nitrogens with zero attached hydrogens (tertiary/aromatic N) is 1. The quantitative estimate of drug-likeness (QED) is 0.165. The van der Waals surface area contributed by atoms with Crippen LogP contribution in [0.4, 0.5) is 17.1 Å². The van der Waals surface area contributed by atoms with Crippen LogP contribution in [0.1, 0.15) is 0 Å². The van der Waals surface area contributed by atoms with Crippen LogP contribution in [0.15, 0.2) is 212 Å². The van der Waals surface area contributed by atoms with Crippen LogP contribution in [0.2, 0.25) is 0 Å². The van der Waals surface area contributed by atoms with Gasteiger partial charge in [0.1, 0.15) is 0 Å². The summed E-state index contributed by atoms with van der Waals surface area (Å²) in [5.74, 6) is 0. The summed E-state index contributed by atoms with van der Waals surface area (Å²) in [4.78, 5) is 2.41. The van der Waals surface area contributed by atoms with E-state index in [0.717, 1.165) is 17.1 Å². The van der Waals surface area contributed by atoms with Crippen molar-refractivity contribution in [3.8, 4) is 33.4 Å². The molecular weight excluding hydrogens is 695 g/mol. The summed E-state index contributed by atoms with van der Waals surface area (Å²) in [6, 6.07) is 77.8. The van der Waals surface area contributed by atoms with Crippen LogP contribution in [0.25, 0.3) is 85.9 Å². The monoisotopic (exact) mass is 729 g/mol. The fourth-order valence-electron chi connectivity index (χ4n) is 8.39. The van der Waals surface area contributed by atoms with Crippen molar-refractivity contribution in [2.75, 3.05) is 4.90 Å². The Labute approximate surface area is 330 Å². The molecule has 0 fully saturated rings. The minimum Gasteiger partial charge on any atom is -0.310 e. The Hall–Kier alpha value is -7.00. The summed E-state index contributed by atoms with van der Waals surface area (Å²) in [6.07, 6.45) is 0. The molecule has 11 rings (SSSR count). The summed E-state index contributed by atoms with van der Waals surface area (Å²) in [5, 5.41) is 10.1. The van der Waals surface area contributed by atoms with Gasteiger partial charge in [-0.1, -0.05) is 152 Å². The molecule has 262 valence electrons. The number of rotatable bonds is 6. The molecule has 1 nitrogen and oxygen atoms in total. The van der Waals surface area contributed by atoms with Gasteiger partial charge in [-0.15, -0.1) is 11.3 Å². The highest BCUT2D eigenvalue weighted by molar-refractivity contribution is 7.25. The minimum atomic E-state index is 1.11. The molecule has 0 aliphatic carbocycles.